The average molecular weight is 472 g/mol. The Morgan fingerprint density at radius 2 is 1.80 bits per heavy atom. The summed E-state index contributed by atoms with van der Waals surface area (Å²) in [4.78, 5) is 28.3. The van der Waals surface area contributed by atoms with E-state index in [0.29, 0.717) is 18.7 Å². The van der Waals surface area contributed by atoms with Gasteiger partial charge in [0.25, 0.3) is 11.6 Å². The molecule has 0 aromatic heterocycles. The zero-order valence-electron chi connectivity index (χ0n) is 19.8. The van der Waals surface area contributed by atoms with Crippen LogP contribution >= 0.6 is 0 Å². The van der Waals surface area contributed by atoms with Crippen LogP contribution in [0, 0.1) is 16.0 Å². The minimum absolute atomic E-state index is 0.0134. The van der Waals surface area contributed by atoms with E-state index < -0.39 is 4.92 Å². The van der Waals surface area contributed by atoms with Crippen LogP contribution in [0.1, 0.15) is 33.0 Å². The molecular weight excluding hydrogens is 442 g/mol. The molecule has 1 amide bonds. The molecule has 7 nitrogen and oxygen atoms in total. The quantitative estimate of drug-likeness (QED) is 0.390. The molecule has 2 atom stereocenters. The molecule has 1 fully saturated rings. The molecule has 5 rings (SSSR count). The molecule has 35 heavy (non-hydrogen) atoms. The van der Waals surface area contributed by atoms with Gasteiger partial charge in [-0.05, 0) is 53.3 Å². The van der Waals surface area contributed by atoms with Crippen molar-refractivity contribution in [2.45, 2.75) is 18.9 Å². The lowest BCUT2D eigenvalue weighted by molar-refractivity contribution is -0.384. The number of nitrogens with zero attached hydrogens (tertiary/aromatic N) is 3. The van der Waals surface area contributed by atoms with E-state index in [9.17, 15) is 14.9 Å². The third-order valence-corrected chi connectivity index (χ3v) is 7.28. The second-order valence-corrected chi connectivity index (χ2v) is 9.41. The van der Waals surface area contributed by atoms with Crippen LogP contribution < -0.4 is 4.74 Å². The Labute approximate surface area is 205 Å². The summed E-state index contributed by atoms with van der Waals surface area (Å²) in [6, 6.07) is 22.6. The fourth-order valence-electron chi connectivity index (χ4n) is 5.42. The van der Waals surface area contributed by atoms with Gasteiger partial charge in [0.15, 0.2) is 0 Å². The van der Waals surface area contributed by atoms with Crippen LogP contribution in [0.4, 0.5) is 5.69 Å². The van der Waals surface area contributed by atoms with Crippen molar-refractivity contribution in [1.29, 1.82) is 0 Å². The van der Waals surface area contributed by atoms with Crippen LogP contribution in [0.15, 0.2) is 72.8 Å². The standard InChI is InChI=1S/C28H29N3O4/c1-35-26-8-4-7-22(15-26)27-19-30(28(32)21-9-11-25(12-10-21)31(33)34)18-24(27)17-29-14-13-20-5-2-3-6-23(20)16-29/h2-12,15,24,27H,13-14,16-19H2,1H3/t24-,27+/m1/s1. The second kappa shape index (κ2) is 9.88. The topological polar surface area (TPSA) is 75.9 Å². The first-order chi connectivity index (χ1) is 17.0. The van der Waals surface area contributed by atoms with Crippen molar-refractivity contribution in [3.05, 3.63) is 105 Å². The average Bonchev–Trinajstić information content (AvgIpc) is 3.32. The molecule has 1 saturated heterocycles. The highest BCUT2D eigenvalue weighted by molar-refractivity contribution is 5.94. The molecular formula is C28H29N3O4. The summed E-state index contributed by atoms with van der Waals surface area (Å²) >= 11 is 0. The first kappa shape index (κ1) is 23.1. The lowest BCUT2D eigenvalue weighted by atomic mass is 9.87. The molecule has 3 aromatic carbocycles. The Morgan fingerprint density at radius 1 is 1.03 bits per heavy atom. The van der Waals surface area contributed by atoms with Crippen molar-refractivity contribution in [3.63, 3.8) is 0 Å². The predicted octanol–water partition coefficient (Wildman–Crippen LogP) is 4.52. The second-order valence-electron chi connectivity index (χ2n) is 9.41. The summed E-state index contributed by atoms with van der Waals surface area (Å²) in [7, 11) is 1.67. The van der Waals surface area contributed by atoms with Crippen LogP contribution in [-0.2, 0) is 13.0 Å². The number of hydrogen-bond donors (Lipinski definition) is 0. The number of benzene rings is 3. The largest absolute Gasteiger partial charge is 0.497 e. The van der Waals surface area contributed by atoms with E-state index >= 15 is 0 Å². The van der Waals surface area contributed by atoms with E-state index in [4.69, 9.17) is 4.74 Å². The fourth-order valence-corrected chi connectivity index (χ4v) is 5.42. The third-order valence-electron chi connectivity index (χ3n) is 7.28. The number of nitro benzene ring substituents is 1. The van der Waals surface area contributed by atoms with Crippen molar-refractivity contribution in [2.24, 2.45) is 5.92 Å². The van der Waals surface area contributed by atoms with E-state index in [1.807, 2.05) is 17.0 Å². The summed E-state index contributed by atoms with van der Waals surface area (Å²) in [5, 5.41) is 11.0. The van der Waals surface area contributed by atoms with Gasteiger partial charge in [-0.3, -0.25) is 19.8 Å². The molecule has 0 radical (unpaired) electrons. The third kappa shape index (κ3) is 4.91. The molecule has 0 unspecified atom stereocenters. The molecule has 2 aliphatic rings. The maximum atomic E-state index is 13.3. The van der Waals surface area contributed by atoms with Crippen molar-refractivity contribution in [2.75, 3.05) is 33.3 Å². The first-order valence-electron chi connectivity index (χ1n) is 12.0. The predicted molar refractivity (Wildman–Crippen MR) is 134 cm³/mol. The van der Waals surface area contributed by atoms with Crippen LogP contribution in [0.3, 0.4) is 0 Å². The number of amides is 1. The van der Waals surface area contributed by atoms with Gasteiger partial charge in [-0.15, -0.1) is 0 Å². The fraction of sp³-hybridized carbons (Fsp3) is 0.321. The Hall–Kier alpha value is -3.71. The highest BCUT2D eigenvalue weighted by atomic mass is 16.6. The van der Waals surface area contributed by atoms with Gasteiger partial charge in [-0.2, -0.15) is 0 Å². The Balaban J connectivity index is 1.37. The molecule has 2 heterocycles. The van der Waals surface area contributed by atoms with Gasteiger partial charge in [0.05, 0.1) is 12.0 Å². The molecule has 3 aromatic rings. The number of carbonyl (C=O) groups is 1. The van der Waals surface area contributed by atoms with Gasteiger partial charge in [0, 0.05) is 56.3 Å². The molecule has 2 aliphatic heterocycles. The van der Waals surface area contributed by atoms with Gasteiger partial charge >= 0.3 is 0 Å². The van der Waals surface area contributed by atoms with E-state index in [1.54, 1.807) is 19.2 Å². The van der Waals surface area contributed by atoms with Crippen molar-refractivity contribution < 1.29 is 14.5 Å². The molecule has 180 valence electrons. The van der Waals surface area contributed by atoms with Crippen LogP contribution in [0.5, 0.6) is 5.75 Å². The van der Waals surface area contributed by atoms with Crippen LogP contribution in [0.2, 0.25) is 0 Å². The zero-order chi connectivity index (χ0) is 24.4. The van der Waals surface area contributed by atoms with Gasteiger partial charge < -0.3 is 9.64 Å². The zero-order valence-corrected chi connectivity index (χ0v) is 19.8. The Kier molecular flexibility index (Phi) is 6.51. The number of rotatable bonds is 6. The number of methoxy groups -OCH3 is 1. The number of carbonyl (C=O) groups excluding carboxylic acids is 1. The van der Waals surface area contributed by atoms with Gasteiger partial charge in [0.2, 0.25) is 0 Å². The first-order valence-corrected chi connectivity index (χ1v) is 12.0. The van der Waals surface area contributed by atoms with Crippen molar-refractivity contribution >= 4 is 11.6 Å². The Bertz CT molecular complexity index is 1230. The van der Waals surface area contributed by atoms with Crippen LogP contribution in [0.25, 0.3) is 0 Å². The summed E-state index contributed by atoms with van der Waals surface area (Å²) in [5.74, 6) is 1.19. The number of hydrogen-bond acceptors (Lipinski definition) is 5. The SMILES string of the molecule is COc1cccc([C@@H]2CN(C(=O)c3ccc([N+](=O)[O-])cc3)C[C@H]2CN2CCc3ccccc3C2)c1. The lowest BCUT2D eigenvalue weighted by Gasteiger charge is -2.32. The summed E-state index contributed by atoms with van der Waals surface area (Å²) < 4.78 is 5.47. The molecule has 7 heteroatoms. The highest BCUT2D eigenvalue weighted by Crippen LogP contribution is 2.36. The van der Waals surface area contributed by atoms with E-state index in [0.717, 1.165) is 31.8 Å². The van der Waals surface area contributed by atoms with Gasteiger partial charge in [-0.1, -0.05) is 36.4 Å². The summed E-state index contributed by atoms with van der Waals surface area (Å²) in [5.41, 5.74) is 4.45. The molecule has 0 saturated carbocycles. The monoisotopic (exact) mass is 471 g/mol. The van der Waals surface area contributed by atoms with E-state index in [1.165, 1.54) is 28.8 Å². The summed E-state index contributed by atoms with van der Waals surface area (Å²) in [6.45, 7) is 4.09. The minimum Gasteiger partial charge on any atom is -0.497 e. The maximum absolute atomic E-state index is 13.3. The minimum atomic E-state index is -0.449. The molecule has 0 aliphatic carbocycles. The molecule has 0 N–H and O–H groups in total. The number of nitro groups is 1. The smallest absolute Gasteiger partial charge is 0.269 e. The number of fused-ring (bicyclic) bond motifs is 1. The van der Waals surface area contributed by atoms with Gasteiger partial charge in [-0.25, -0.2) is 0 Å². The van der Waals surface area contributed by atoms with Gasteiger partial charge in [0.1, 0.15) is 5.75 Å². The molecule has 0 spiro atoms. The van der Waals surface area contributed by atoms with Crippen molar-refractivity contribution in [1.82, 2.24) is 9.80 Å². The highest BCUT2D eigenvalue weighted by Gasteiger charge is 2.38. The molecule has 0 bridgehead atoms. The Morgan fingerprint density at radius 3 is 2.54 bits per heavy atom. The summed E-state index contributed by atoms with van der Waals surface area (Å²) in [6.07, 6.45) is 1.04. The normalized spacial score (nSPS) is 19.9. The number of non-ortho nitro benzene ring substituents is 1. The van der Waals surface area contributed by atoms with Crippen molar-refractivity contribution in [3.8, 4) is 5.75 Å². The maximum Gasteiger partial charge on any atom is 0.269 e. The van der Waals surface area contributed by atoms with E-state index in [-0.39, 0.29) is 23.4 Å². The number of likely N-dealkylation sites (tertiary alicyclic amines) is 1. The van der Waals surface area contributed by atoms with E-state index in [2.05, 4.69) is 41.3 Å². The van der Waals surface area contributed by atoms with Crippen LogP contribution in [-0.4, -0.2) is 53.9 Å². The lowest BCUT2D eigenvalue weighted by Crippen LogP contribution is -2.37. The number of ether oxygens (including phenoxy) is 1.